The molecule has 1 aromatic heterocycles. The van der Waals surface area contributed by atoms with Crippen LogP contribution in [0.2, 0.25) is 0 Å². The van der Waals surface area contributed by atoms with Gasteiger partial charge in [-0.05, 0) is 24.5 Å². The van der Waals surface area contributed by atoms with Crippen molar-refractivity contribution < 1.29 is 9.26 Å². The van der Waals surface area contributed by atoms with Crippen LogP contribution in [0.15, 0.2) is 28.8 Å². The maximum absolute atomic E-state index is 5.92. The highest BCUT2D eigenvalue weighted by Crippen LogP contribution is 2.30. The maximum Gasteiger partial charge on any atom is 0.231 e. The van der Waals surface area contributed by atoms with E-state index in [4.69, 9.17) is 15.0 Å². The zero-order chi connectivity index (χ0) is 14.6. The number of anilines is 1. The third-order valence-electron chi connectivity index (χ3n) is 3.81. The van der Waals surface area contributed by atoms with Crippen molar-refractivity contribution in [1.82, 2.24) is 10.1 Å². The predicted molar refractivity (Wildman–Crippen MR) is 77.2 cm³/mol. The summed E-state index contributed by atoms with van der Waals surface area (Å²) in [4.78, 5) is 4.47. The van der Waals surface area contributed by atoms with Crippen LogP contribution in [0.3, 0.4) is 0 Å². The minimum absolute atomic E-state index is 0.468. The number of nitrogen functional groups attached to an aromatic ring is 1. The average molecular weight is 275 g/mol. The van der Waals surface area contributed by atoms with Crippen LogP contribution in [0, 0.1) is 0 Å². The number of nitrogens with zero attached hydrogens (tertiary/aromatic N) is 2. The van der Waals surface area contributed by atoms with Crippen molar-refractivity contribution in [2.75, 3.05) is 12.8 Å². The van der Waals surface area contributed by atoms with Gasteiger partial charge in [-0.2, -0.15) is 4.98 Å². The van der Waals surface area contributed by atoms with Gasteiger partial charge in [-0.25, -0.2) is 0 Å². The molecule has 2 rings (SSSR count). The van der Waals surface area contributed by atoms with Crippen molar-refractivity contribution in [3.63, 3.8) is 0 Å². The number of para-hydroxylation sites is 1. The summed E-state index contributed by atoms with van der Waals surface area (Å²) < 4.78 is 10.9. The fraction of sp³-hybridized carbons (Fsp3) is 0.467. The predicted octanol–water partition coefficient (Wildman–Crippen LogP) is 2.90. The Morgan fingerprint density at radius 2 is 1.95 bits per heavy atom. The van der Waals surface area contributed by atoms with Gasteiger partial charge in [0.25, 0.3) is 0 Å². The highest BCUT2D eigenvalue weighted by atomic mass is 16.5. The Morgan fingerprint density at radius 1 is 1.25 bits per heavy atom. The van der Waals surface area contributed by atoms with Crippen LogP contribution in [0.25, 0.3) is 0 Å². The normalized spacial score (nSPS) is 11.8. The summed E-state index contributed by atoms with van der Waals surface area (Å²) in [6, 6.07) is 7.68. The SMILES string of the molecule is CCC(CC)(OC)c1noc(Cc2ccccc2N)n1. The molecular formula is C15H21N3O2. The second-order valence-electron chi connectivity index (χ2n) is 4.79. The van der Waals surface area contributed by atoms with Gasteiger partial charge >= 0.3 is 0 Å². The molecule has 0 radical (unpaired) electrons. The molecule has 0 aliphatic heterocycles. The Balaban J connectivity index is 2.23. The highest BCUT2D eigenvalue weighted by Gasteiger charge is 2.33. The summed E-state index contributed by atoms with van der Waals surface area (Å²) >= 11 is 0. The molecule has 0 aliphatic carbocycles. The molecule has 0 unspecified atom stereocenters. The van der Waals surface area contributed by atoms with Crippen molar-refractivity contribution in [1.29, 1.82) is 0 Å². The van der Waals surface area contributed by atoms with Crippen LogP contribution in [0.5, 0.6) is 0 Å². The molecule has 0 aliphatic rings. The summed E-state index contributed by atoms with van der Waals surface area (Å²) in [7, 11) is 1.68. The van der Waals surface area contributed by atoms with Crippen LogP contribution >= 0.6 is 0 Å². The number of hydrogen-bond acceptors (Lipinski definition) is 5. The Morgan fingerprint density at radius 3 is 2.55 bits per heavy atom. The van der Waals surface area contributed by atoms with Gasteiger partial charge in [0.15, 0.2) is 0 Å². The molecule has 2 aromatic rings. The number of ether oxygens (including phenoxy) is 1. The van der Waals surface area contributed by atoms with E-state index in [1.807, 2.05) is 24.3 Å². The van der Waals surface area contributed by atoms with Crippen LogP contribution in [-0.2, 0) is 16.8 Å². The summed E-state index contributed by atoms with van der Waals surface area (Å²) in [5.41, 5.74) is 7.17. The molecule has 5 heteroatoms. The van der Waals surface area contributed by atoms with Crippen molar-refractivity contribution in [2.24, 2.45) is 0 Å². The van der Waals surface area contributed by atoms with Gasteiger partial charge in [-0.15, -0.1) is 0 Å². The lowest BCUT2D eigenvalue weighted by molar-refractivity contribution is -0.0306. The largest absolute Gasteiger partial charge is 0.398 e. The number of hydrogen-bond donors (Lipinski definition) is 1. The monoisotopic (exact) mass is 275 g/mol. The van der Waals surface area contributed by atoms with E-state index >= 15 is 0 Å². The third-order valence-corrected chi connectivity index (χ3v) is 3.81. The molecule has 0 spiro atoms. The lowest BCUT2D eigenvalue weighted by Gasteiger charge is -2.25. The lowest BCUT2D eigenvalue weighted by atomic mass is 9.96. The van der Waals surface area contributed by atoms with Crippen LogP contribution in [0.1, 0.15) is 44.0 Å². The van der Waals surface area contributed by atoms with Crippen LogP contribution in [0.4, 0.5) is 5.69 Å². The van der Waals surface area contributed by atoms with E-state index in [1.54, 1.807) is 7.11 Å². The van der Waals surface area contributed by atoms with E-state index in [2.05, 4.69) is 24.0 Å². The molecule has 0 bridgehead atoms. The second kappa shape index (κ2) is 6.05. The minimum Gasteiger partial charge on any atom is -0.398 e. The van der Waals surface area contributed by atoms with Gasteiger partial charge in [-0.3, -0.25) is 0 Å². The van der Waals surface area contributed by atoms with E-state index in [1.165, 1.54) is 0 Å². The number of benzene rings is 1. The Hall–Kier alpha value is -1.88. The van der Waals surface area contributed by atoms with E-state index < -0.39 is 5.60 Å². The highest BCUT2D eigenvalue weighted by molar-refractivity contribution is 5.47. The zero-order valence-corrected chi connectivity index (χ0v) is 12.2. The van der Waals surface area contributed by atoms with Gasteiger partial charge in [0.05, 0.1) is 6.42 Å². The van der Waals surface area contributed by atoms with Gasteiger partial charge in [0, 0.05) is 12.8 Å². The first kappa shape index (κ1) is 14.5. The molecule has 0 amide bonds. The van der Waals surface area contributed by atoms with Crippen molar-refractivity contribution in [3.05, 3.63) is 41.5 Å². The number of aromatic nitrogens is 2. The fourth-order valence-electron chi connectivity index (χ4n) is 2.32. The molecule has 5 nitrogen and oxygen atoms in total. The van der Waals surface area contributed by atoms with Gasteiger partial charge in [-0.1, -0.05) is 37.2 Å². The smallest absolute Gasteiger partial charge is 0.231 e. The Labute approximate surface area is 119 Å². The van der Waals surface area contributed by atoms with E-state index in [0.717, 1.165) is 24.1 Å². The van der Waals surface area contributed by atoms with E-state index in [-0.39, 0.29) is 0 Å². The molecule has 0 saturated heterocycles. The molecule has 2 N–H and O–H groups in total. The number of nitrogens with two attached hydrogens (primary N) is 1. The number of methoxy groups -OCH3 is 1. The molecule has 1 heterocycles. The molecule has 108 valence electrons. The van der Waals surface area contributed by atoms with Crippen molar-refractivity contribution in [3.8, 4) is 0 Å². The van der Waals surface area contributed by atoms with Gasteiger partial charge in [0.1, 0.15) is 5.60 Å². The Kier molecular flexibility index (Phi) is 4.39. The summed E-state index contributed by atoms with van der Waals surface area (Å²) in [6.07, 6.45) is 2.13. The zero-order valence-electron chi connectivity index (χ0n) is 12.2. The quantitative estimate of drug-likeness (QED) is 0.820. The molecule has 1 aromatic carbocycles. The van der Waals surface area contributed by atoms with Crippen molar-refractivity contribution in [2.45, 2.75) is 38.7 Å². The molecule has 0 saturated carbocycles. The molecular weight excluding hydrogens is 254 g/mol. The lowest BCUT2D eigenvalue weighted by Crippen LogP contribution is -2.28. The minimum atomic E-state index is -0.468. The third kappa shape index (κ3) is 2.67. The second-order valence-corrected chi connectivity index (χ2v) is 4.79. The number of rotatable bonds is 6. The summed E-state index contributed by atoms with van der Waals surface area (Å²) in [6.45, 7) is 4.11. The average Bonchev–Trinajstić information content (AvgIpc) is 2.93. The standard InChI is InChI=1S/C15H21N3O2/c1-4-15(5-2,19-3)14-17-13(20-18-14)10-11-8-6-7-9-12(11)16/h6-9H,4-5,10,16H2,1-3H3. The first-order valence-corrected chi connectivity index (χ1v) is 6.86. The van der Waals surface area contributed by atoms with Crippen LogP contribution in [-0.4, -0.2) is 17.3 Å². The van der Waals surface area contributed by atoms with Crippen molar-refractivity contribution >= 4 is 5.69 Å². The fourth-order valence-corrected chi connectivity index (χ4v) is 2.32. The van der Waals surface area contributed by atoms with Gasteiger partial charge < -0.3 is 15.0 Å². The van der Waals surface area contributed by atoms with Crippen LogP contribution < -0.4 is 5.73 Å². The first-order valence-electron chi connectivity index (χ1n) is 6.86. The summed E-state index contributed by atoms with van der Waals surface area (Å²) in [5, 5.41) is 4.08. The maximum atomic E-state index is 5.92. The summed E-state index contributed by atoms with van der Waals surface area (Å²) in [5.74, 6) is 1.16. The molecule has 0 fully saturated rings. The Bertz CT molecular complexity index is 553. The van der Waals surface area contributed by atoms with E-state index in [0.29, 0.717) is 18.1 Å². The molecule has 20 heavy (non-hydrogen) atoms. The van der Waals surface area contributed by atoms with Gasteiger partial charge in [0.2, 0.25) is 11.7 Å². The first-order chi connectivity index (χ1) is 9.65. The van der Waals surface area contributed by atoms with E-state index in [9.17, 15) is 0 Å². The topological polar surface area (TPSA) is 74.2 Å². The molecule has 0 atom stereocenters.